The van der Waals surface area contributed by atoms with E-state index in [1.54, 1.807) is 17.1 Å². The molecule has 0 unspecified atom stereocenters. The molecule has 1 aliphatic carbocycles. The number of amides is 1. The molecule has 0 bridgehead atoms. The molecule has 1 aromatic rings. The zero-order valence-corrected chi connectivity index (χ0v) is 10.7. The van der Waals surface area contributed by atoms with Gasteiger partial charge >= 0.3 is 0 Å². The van der Waals surface area contributed by atoms with Crippen molar-refractivity contribution in [3.05, 3.63) is 35.9 Å². The zero-order valence-electron chi connectivity index (χ0n) is 10.7. The summed E-state index contributed by atoms with van der Waals surface area (Å²) >= 11 is 0. The van der Waals surface area contributed by atoms with Crippen LogP contribution in [0.5, 0.6) is 0 Å². The summed E-state index contributed by atoms with van der Waals surface area (Å²) in [6.07, 6.45) is 5.49. The Kier molecular flexibility index (Phi) is 2.82. The summed E-state index contributed by atoms with van der Waals surface area (Å²) in [5, 5.41) is 10.2. The lowest BCUT2D eigenvalue weighted by atomic mass is 9.88. The third-order valence-electron chi connectivity index (χ3n) is 3.91. The van der Waals surface area contributed by atoms with Gasteiger partial charge in [0, 0.05) is 11.8 Å². The van der Waals surface area contributed by atoms with E-state index in [4.69, 9.17) is 5.73 Å². The molecule has 2 fully saturated rings. The van der Waals surface area contributed by atoms with Gasteiger partial charge in [-0.2, -0.15) is 0 Å². The first-order valence-electron chi connectivity index (χ1n) is 6.62. The lowest BCUT2D eigenvalue weighted by Gasteiger charge is -2.46. The molecule has 1 aromatic carbocycles. The van der Waals surface area contributed by atoms with Crippen LogP contribution in [0.15, 0.2) is 30.3 Å². The first-order chi connectivity index (χ1) is 9.07. The van der Waals surface area contributed by atoms with Crippen LogP contribution in [0.4, 0.5) is 5.69 Å². The van der Waals surface area contributed by atoms with Crippen molar-refractivity contribution < 1.29 is 9.90 Å². The van der Waals surface area contributed by atoms with Crippen molar-refractivity contribution >= 4 is 17.7 Å². The second-order valence-electron chi connectivity index (χ2n) is 5.58. The van der Waals surface area contributed by atoms with Crippen LogP contribution in [0.25, 0.3) is 6.08 Å². The van der Waals surface area contributed by atoms with Gasteiger partial charge in [0.25, 0.3) is 0 Å². The molecule has 0 atom stereocenters. The van der Waals surface area contributed by atoms with Gasteiger partial charge in [-0.05, 0) is 42.5 Å². The quantitative estimate of drug-likeness (QED) is 0.633. The lowest BCUT2D eigenvalue weighted by molar-refractivity contribution is -0.154. The predicted octanol–water partition coefficient (Wildman–Crippen LogP) is 1.27. The number of carbonyl (C=O) groups is 1. The lowest BCUT2D eigenvalue weighted by Crippen LogP contribution is -2.64. The first kappa shape index (κ1) is 12.2. The number of benzene rings is 1. The van der Waals surface area contributed by atoms with E-state index in [2.05, 4.69) is 0 Å². The molecule has 4 heteroatoms. The summed E-state index contributed by atoms with van der Waals surface area (Å²) < 4.78 is 0. The molecular weight excluding hydrogens is 240 g/mol. The third-order valence-corrected chi connectivity index (χ3v) is 3.91. The van der Waals surface area contributed by atoms with E-state index in [1.807, 2.05) is 24.3 Å². The maximum atomic E-state index is 11.9. The van der Waals surface area contributed by atoms with E-state index in [9.17, 15) is 9.90 Å². The Morgan fingerprint density at radius 1 is 1.42 bits per heavy atom. The number of carbonyl (C=O) groups excluding carboxylic acids is 1. The van der Waals surface area contributed by atoms with Crippen molar-refractivity contribution in [1.29, 1.82) is 0 Å². The van der Waals surface area contributed by atoms with Crippen LogP contribution in [0.1, 0.15) is 18.4 Å². The third kappa shape index (κ3) is 2.49. The van der Waals surface area contributed by atoms with Crippen molar-refractivity contribution in [2.24, 2.45) is 5.92 Å². The Bertz CT molecular complexity index is 529. The Balaban J connectivity index is 1.57. The predicted molar refractivity (Wildman–Crippen MR) is 74.1 cm³/mol. The van der Waals surface area contributed by atoms with Crippen LogP contribution in [-0.2, 0) is 4.79 Å². The van der Waals surface area contributed by atoms with Crippen LogP contribution in [0.3, 0.4) is 0 Å². The van der Waals surface area contributed by atoms with Gasteiger partial charge in [0.1, 0.15) is 5.60 Å². The molecule has 2 aliphatic rings. The number of hydrogen-bond donors (Lipinski definition) is 2. The standard InChI is InChI=1S/C15H18N2O2/c16-13-3-1-2-11(8-13)4-7-14(18)17-9-15(19,10-17)12-5-6-12/h1-4,7-8,12,19H,5-6,9-10,16H2/b7-4+. The minimum absolute atomic E-state index is 0.0484. The highest BCUT2D eigenvalue weighted by atomic mass is 16.3. The van der Waals surface area contributed by atoms with Gasteiger partial charge in [0.05, 0.1) is 13.1 Å². The average Bonchev–Trinajstić information content (AvgIpc) is 3.16. The average molecular weight is 258 g/mol. The summed E-state index contributed by atoms with van der Waals surface area (Å²) in [4.78, 5) is 13.6. The van der Waals surface area contributed by atoms with Crippen LogP contribution >= 0.6 is 0 Å². The topological polar surface area (TPSA) is 66.6 Å². The van der Waals surface area contributed by atoms with Gasteiger partial charge in [0.2, 0.25) is 5.91 Å². The highest BCUT2D eigenvalue weighted by Gasteiger charge is 2.52. The zero-order chi connectivity index (χ0) is 13.5. The molecule has 3 rings (SSSR count). The molecule has 0 aromatic heterocycles. The van der Waals surface area contributed by atoms with Gasteiger partial charge in [-0.3, -0.25) is 4.79 Å². The van der Waals surface area contributed by atoms with E-state index in [0.717, 1.165) is 18.4 Å². The molecule has 1 saturated carbocycles. The van der Waals surface area contributed by atoms with E-state index in [1.165, 1.54) is 0 Å². The smallest absolute Gasteiger partial charge is 0.246 e. The Labute approximate surface area is 112 Å². The summed E-state index contributed by atoms with van der Waals surface area (Å²) in [5.74, 6) is 0.363. The number of nitrogen functional groups attached to an aromatic ring is 1. The van der Waals surface area contributed by atoms with Crippen molar-refractivity contribution in [2.45, 2.75) is 18.4 Å². The number of β-amino-alcohol motifs (C(OH)–C–C–N with tert-alkyl or cyclic N) is 1. The summed E-state index contributed by atoms with van der Waals surface area (Å²) in [6, 6.07) is 7.39. The van der Waals surface area contributed by atoms with Gasteiger partial charge in [-0.1, -0.05) is 12.1 Å². The second kappa shape index (κ2) is 4.38. The number of hydrogen-bond acceptors (Lipinski definition) is 3. The molecule has 1 amide bonds. The molecule has 1 aliphatic heterocycles. The largest absolute Gasteiger partial charge is 0.399 e. The fourth-order valence-corrected chi connectivity index (χ4v) is 2.59. The second-order valence-corrected chi connectivity index (χ2v) is 5.58. The molecule has 1 heterocycles. The molecule has 0 spiro atoms. The molecule has 3 N–H and O–H groups in total. The summed E-state index contributed by atoms with van der Waals surface area (Å²) in [6.45, 7) is 0.940. The van der Waals surface area contributed by atoms with Gasteiger partial charge < -0.3 is 15.7 Å². The van der Waals surface area contributed by atoms with Crippen LogP contribution < -0.4 is 5.73 Å². The van der Waals surface area contributed by atoms with Crippen molar-refractivity contribution in [3.63, 3.8) is 0 Å². The Morgan fingerprint density at radius 3 is 2.79 bits per heavy atom. The van der Waals surface area contributed by atoms with Crippen LogP contribution in [0.2, 0.25) is 0 Å². The first-order valence-corrected chi connectivity index (χ1v) is 6.62. The minimum atomic E-state index is -0.610. The SMILES string of the molecule is Nc1cccc(/C=C/C(=O)N2CC(O)(C3CC3)C2)c1. The molecule has 4 nitrogen and oxygen atoms in total. The van der Waals surface area contributed by atoms with Crippen molar-refractivity contribution in [3.8, 4) is 0 Å². The number of anilines is 1. The number of likely N-dealkylation sites (tertiary alicyclic amines) is 1. The minimum Gasteiger partial charge on any atom is -0.399 e. The highest BCUT2D eigenvalue weighted by molar-refractivity contribution is 5.92. The fourth-order valence-electron chi connectivity index (χ4n) is 2.59. The van der Waals surface area contributed by atoms with Crippen LogP contribution in [0, 0.1) is 5.92 Å². The maximum absolute atomic E-state index is 11.9. The molecular formula is C15H18N2O2. The summed E-state index contributed by atoms with van der Waals surface area (Å²) in [5.41, 5.74) is 6.66. The molecule has 1 saturated heterocycles. The van der Waals surface area contributed by atoms with Crippen LogP contribution in [-0.4, -0.2) is 34.6 Å². The molecule has 19 heavy (non-hydrogen) atoms. The van der Waals surface area contributed by atoms with E-state index in [0.29, 0.717) is 24.7 Å². The number of nitrogens with zero attached hydrogens (tertiary/aromatic N) is 1. The fraction of sp³-hybridized carbons (Fsp3) is 0.400. The monoisotopic (exact) mass is 258 g/mol. The Morgan fingerprint density at radius 2 is 2.16 bits per heavy atom. The van der Waals surface area contributed by atoms with E-state index < -0.39 is 5.60 Å². The van der Waals surface area contributed by atoms with Crippen molar-refractivity contribution in [2.75, 3.05) is 18.8 Å². The highest BCUT2D eigenvalue weighted by Crippen LogP contribution is 2.44. The normalized spacial score (nSPS) is 21.4. The maximum Gasteiger partial charge on any atom is 0.246 e. The van der Waals surface area contributed by atoms with Gasteiger partial charge in [-0.25, -0.2) is 0 Å². The number of aliphatic hydroxyl groups is 1. The summed E-state index contributed by atoms with van der Waals surface area (Å²) in [7, 11) is 0. The van der Waals surface area contributed by atoms with E-state index in [-0.39, 0.29) is 5.91 Å². The Hall–Kier alpha value is -1.81. The molecule has 100 valence electrons. The number of rotatable bonds is 3. The molecule has 0 radical (unpaired) electrons. The van der Waals surface area contributed by atoms with Gasteiger partial charge in [-0.15, -0.1) is 0 Å². The number of nitrogens with two attached hydrogens (primary N) is 1. The van der Waals surface area contributed by atoms with Crippen molar-refractivity contribution in [1.82, 2.24) is 4.90 Å². The van der Waals surface area contributed by atoms with Gasteiger partial charge in [0.15, 0.2) is 0 Å². The van der Waals surface area contributed by atoms with E-state index >= 15 is 0 Å².